The molecule has 3 aromatic carbocycles. The highest BCUT2D eigenvalue weighted by Gasteiger charge is 2.30. The van der Waals surface area contributed by atoms with Gasteiger partial charge in [0.2, 0.25) is 0 Å². The molecule has 0 radical (unpaired) electrons. The number of anilines is 2. The maximum Gasteiger partial charge on any atom is 0.294 e. The molecule has 0 spiro atoms. The van der Waals surface area contributed by atoms with Gasteiger partial charge in [0.15, 0.2) is 11.5 Å². The Morgan fingerprint density at radius 3 is 2.42 bits per heavy atom. The van der Waals surface area contributed by atoms with E-state index in [2.05, 4.69) is 9.88 Å². The highest BCUT2D eigenvalue weighted by Crippen LogP contribution is 2.36. The van der Waals surface area contributed by atoms with Crippen molar-refractivity contribution in [3.05, 3.63) is 125 Å². The Hall–Kier alpha value is -4.98. The second-order valence-electron chi connectivity index (χ2n) is 9.69. The Balaban J connectivity index is 1.17. The minimum absolute atomic E-state index is 0.0277. The van der Waals surface area contributed by atoms with Crippen molar-refractivity contribution in [2.45, 2.75) is 6.54 Å². The van der Waals surface area contributed by atoms with Gasteiger partial charge in [0.25, 0.3) is 11.8 Å². The number of amides is 2. The summed E-state index contributed by atoms with van der Waals surface area (Å²) in [6, 6.07) is 26.4. The summed E-state index contributed by atoms with van der Waals surface area (Å²) in [5.74, 6) is 0.908. The number of nitrogens with zero attached hydrogens (tertiary/aromatic N) is 4. The molecule has 200 valence electrons. The Morgan fingerprint density at radius 2 is 1.68 bits per heavy atom. The summed E-state index contributed by atoms with van der Waals surface area (Å²) >= 11 is 0. The van der Waals surface area contributed by atoms with Crippen LogP contribution in [0.5, 0.6) is 5.75 Å². The zero-order valence-electron chi connectivity index (χ0n) is 21.7. The molecule has 0 unspecified atom stereocenters. The zero-order valence-corrected chi connectivity index (χ0v) is 21.7. The maximum atomic E-state index is 13.8. The highest BCUT2D eigenvalue weighted by atomic mass is 19.1. The molecule has 0 atom stereocenters. The van der Waals surface area contributed by atoms with Crippen molar-refractivity contribution in [1.82, 2.24) is 9.88 Å². The van der Waals surface area contributed by atoms with E-state index in [4.69, 9.17) is 4.74 Å². The van der Waals surface area contributed by atoms with Crippen LogP contribution in [-0.2, 0) is 11.3 Å². The number of carbonyl (C=O) groups is 2. The predicted octanol–water partition coefficient (Wildman–Crippen LogP) is 5.15. The monoisotopic (exact) mass is 534 g/mol. The lowest BCUT2D eigenvalue weighted by molar-refractivity contribution is -0.117. The number of para-hydroxylation sites is 2. The first-order valence-corrected chi connectivity index (χ1v) is 13.2. The van der Waals surface area contributed by atoms with Crippen LogP contribution in [0.15, 0.2) is 103 Å². The second kappa shape index (κ2) is 11.0. The van der Waals surface area contributed by atoms with Gasteiger partial charge >= 0.3 is 0 Å². The molecule has 2 amide bonds. The fourth-order valence-electron chi connectivity index (χ4n) is 4.97. The average Bonchev–Trinajstić information content (AvgIpc) is 3.00. The number of piperazine rings is 1. The van der Waals surface area contributed by atoms with E-state index in [9.17, 15) is 14.0 Å². The Morgan fingerprint density at radius 1 is 0.900 bits per heavy atom. The normalized spacial score (nSPS) is 16.1. The number of carbonyl (C=O) groups excluding carboxylic acids is 2. The van der Waals surface area contributed by atoms with Gasteiger partial charge < -0.3 is 14.5 Å². The number of rotatable bonds is 5. The number of aromatic nitrogens is 1. The van der Waals surface area contributed by atoms with E-state index in [1.165, 1.54) is 12.1 Å². The summed E-state index contributed by atoms with van der Waals surface area (Å²) in [5.41, 5.74) is 2.61. The van der Waals surface area contributed by atoms with Gasteiger partial charge in [-0.05, 0) is 65.7 Å². The van der Waals surface area contributed by atoms with Crippen molar-refractivity contribution in [3.8, 4) is 5.75 Å². The van der Waals surface area contributed by atoms with Gasteiger partial charge in [-0.1, -0.05) is 42.5 Å². The molecule has 3 heterocycles. The molecule has 0 aliphatic carbocycles. The maximum absolute atomic E-state index is 13.8. The number of fused-ring (bicyclic) bond motifs is 1. The largest absolute Gasteiger partial charge is 0.449 e. The molecule has 2 aliphatic rings. The summed E-state index contributed by atoms with van der Waals surface area (Å²) in [6.45, 7) is 2.88. The Bertz CT molecular complexity index is 1560. The number of ether oxygens (including phenoxy) is 1. The summed E-state index contributed by atoms with van der Waals surface area (Å²) in [5, 5.41) is 0. The first-order valence-electron chi connectivity index (χ1n) is 13.2. The first kappa shape index (κ1) is 25.3. The van der Waals surface area contributed by atoms with E-state index in [0.717, 1.165) is 24.5 Å². The number of hydrogen-bond donors (Lipinski definition) is 0. The SMILES string of the molecule is O=C(c1ccc(C=C2Oc3ccccc3N(Cc3cccc(F)c3)C2=O)cc1)N1CCN(c2ccccn2)CC1. The molecule has 1 fully saturated rings. The van der Waals surface area contributed by atoms with E-state index >= 15 is 0 Å². The fraction of sp³-hybridized carbons (Fsp3) is 0.156. The van der Waals surface area contributed by atoms with Gasteiger partial charge in [-0.2, -0.15) is 0 Å². The lowest BCUT2D eigenvalue weighted by atomic mass is 10.1. The molecule has 1 aromatic heterocycles. The molecule has 0 saturated carbocycles. The van der Waals surface area contributed by atoms with Crippen LogP contribution >= 0.6 is 0 Å². The molecule has 8 heteroatoms. The lowest BCUT2D eigenvalue weighted by Crippen LogP contribution is -2.49. The van der Waals surface area contributed by atoms with Crippen molar-refractivity contribution in [3.63, 3.8) is 0 Å². The average molecular weight is 535 g/mol. The van der Waals surface area contributed by atoms with Crippen molar-refractivity contribution in [2.75, 3.05) is 36.0 Å². The Labute approximate surface area is 231 Å². The van der Waals surface area contributed by atoms with Crippen LogP contribution in [0.1, 0.15) is 21.5 Å². The van der Waals surface area contributed by atoms with Gasteiger partial charge in [-0.25, -0.2) is 9.37 Å². The van der Waals surface area contributed by atoms with E-state index in [0.29, 0.717) is 35.7 Å². The Kier molecular flexibility index (Phi) is 6.97. The van der Waals surface area contributed by atoms with Gasteiger partial charge in [0.05, 0.1) is 12.2 Å². The highest BCUT2D eigenvalue weighted by molar-refractivity contribution is 6.09. The van der Waals surface area contributed by atoms with Gasteiger partial charge in [0.1, 0.15) is 11.6 Å². The standard InChI is InChI=1S/C32H27FN4O3/c33-26-7-5-6-24(20-26)22-37-27-8-1-2-9-28(27)40-29(32(37)39)21-23-11-13-25(14-12-23)31(38)36-18-16-35(17-19-36)30-10-3-4-15-34-30/h1-15,20-21H,16-19,22H2. The van der Waals surface area contributed by atoms with Gasteiger partial charge in [0, 0.05) is 37.9 Å². The van der Waals surface area contributed by atoms with E-state index < -0.39 is 0 Å². The van der Waals surface area contributed by atoms with Crippen LogP contribution in [0.4, 0.5) is 15.9 Å². The van der Waals surface area contributed by atoms with Crippen LogP contribution in [0.25, 0.3) is 6.08 Å². The third-order valence-corrected chi connectivity index (χ3v) is 7.06. The molecule has 7 nitrogen and oxygen atoms in total. The number of halogens is 1. The molecule has 0 bridgehead atoms. The molecule has 2 aliphatic heterocycles. The van der Waals surface area contributed by atoms with E-state index in [1.807, 2.05) is 35.2 Å². The van der Waals surface area contributed by atoms with Crippen molar-refractivity contribution in [1.29, 1.82) is 0 Å². The molecular weight excluding hydrogens is 507 g/mol. The van der Waals surface area contributed by atoms with Crippen molar-refractivity contribution >= 4 is 29.4 Å². The minimum Gasteiger partial charge on any atom is -0.449 e. The number of pyridine rings is 1. The number of hydrogen-bond acceptors (Lipinski definition) is 5. The predicted molar refractivity (Wildman–Crippen MR) is 151 cm³/mol. The molecule has 40 heavy (non-hydrogen) atoms. The van der Waals surface area contributed by atoms with Crippen molar-refractivity contribution in [2.24, 2.45) is 0 Å². The summed E-state index contributed by atoms with van der Waals surface area (Å²) in [6.07, 6.45) is 3.44. The van der Waals surface area contributed by atoms with Gasteiger partial charge in [-0.15, -0.1) is 0 Å². The minimum atomic E-state index is -0.355. The van der Waals surface area contributed by atoms with Crippen molar-refractivity contribution < 1.29 is 18.7 Å². The first-order chi connectivity index (χ1) is 19.5. The molecule has 1 saturated heterocycles. The summed E-state index contributed by atoms with van der Waals surface area (Å²) in [7, 11) is 0. The number of benzene rings is 3. The lowest BCUT2D eigenvalue weighted by Gasteiger charge is -2.35. The quantitative estimate of drug-likeness (QED) is 0.332. The molecule has 0 N–H and O–H groups in total. The van der Waals surface area contributed by atoms with E-state index in [-0.39, 0.29) is 29.9 Å². The fourth-order valence-corrected chi connectivity index (χ4v) is 4.97. The molecule has 4 aromatic rings. The smallest absolute Gasteiger partial charge is 0.294 e. The van der Waals surface area contributed by atoms with Crippen LogP contribution in [-0.4, -0.2) is 47.9 Å². The van der Waals surface area contributed by atoms with Crippen LogP contribution in [0.2, 0.25) is 0 Å². The zero-order chi connectivity index (χ0) is 27.5. The summed E-state index contributed by atoms with van der Waals surface area (Å²) in [4.78, 5) is 36.6. The third kappa shape index (κ3) is 5.29. The van der Waals surface area contributed by atoms with E-state index in [1.54, 1.807) is 65.7 Å². The van der Waals surface area contributed by atoms with Crippen LogP contribution in [0, 0.1) is 5.82 Å². The van der Waals surface area contributed by atoms with Crippen LogP contribution in [0.3, 0.4) is 0 Å². The summed E-state index contributed by atoms with van der Waals surface area (Å²) < 4.78 is 19.8. The topological polar surface area (TPSA) is 66.0 Å². The molecule has 6 rings (SSSR count). The third-order valence-electron chi connectivity index (χ3n) is 7.06. The molecular formula is C32H27FN4O3. The second-order valence-corrected chi connectivity index (χ2v) is 9.69. The van der Waals surface area contributed by atoms with Crippen LogP contribution < -0.4 is 14.5 Å². The van der Waals surface area contributed by atoms with Gasteiger partial charge in [-0.3, -0.25) is 14.5 Å².